The monoisotopic (exact) mass is 235 g/mol. The summed E-state index contributed by atoms with van der Waals surface area (Å²) in [6.07, 6.45) is -0.589. The number of nitrogens with zero attached hydrogens (tertiary/aromatic N) is 1. The molecule has 0 unspecified atom stereocenters. The molecule has 0 saturated carbocycles. The molecule has 3 N–H and O–H groups in total. The number of nitrogens with one attached hydrogen (secondary N) is 1. The van der Waals surface area contributed by atoms with E-state index in [1.54, 1.807) is 6.92 Å². The van der Waals surface area contributed by atoms with Crippen molar-refractivity contribution in [3.8, 4) is 0 Å². The number of hydrogen-bond donors (Lipinski definition) is 2. The predicted octanol–water partition coefficient (Wildman–Crippen LogP) is 1.81. The van der Waals surface area contributed by atoms with Crippen LogP contribution in [-0.4, -0.2) is 18.7 Å². The highest BCUT2D eigenvalue weighted by atomic mass is 16.5. The fourth-order valence-corrected chi connectivity index (χ4v) is 1.32. The largest absolute Gasteiger partial charge is 0.450 e. The summed E-state index contributed by atoms with van der Waals surface area (Å²) in [5, 5.41) is 2.35. The number of aliphatic imine (C=N–C) groups is 1. The van der Waals surface area contributed by atoms with Crippen molar-refractivity contribution in [1.82, 2.24) is 5.32 Å². The molecule has 1 aromatic rings. The summed E-state index contributed by atoms with van der Waals surface area (Å²) < 4.78 is 4.69. The molecule has 0 fully saturated rings. The van der Waals surface area contributed by atoms with Crippen LogP contribution in [0.15, 0.2) is 35.3 Å². The fourth-order valence-electron chi connectivity index (χ4n) is 1.32. The number of carbonyl (C=O) groups excluding carboxylic acids is 1. The summed E-state index contributed by atoms with van der Waals surface area (Å²) in [5.74, 6) is 0.0554. The number of alkyl carbamates (subject to hydrolysis) is 1. The molecule has 1 aromatic carbocycles. The Labute approximate surface area is 101 Å². The summed E-state index contributed by atoms with van der Waals surface area (Å²) in [6.45, 7) is 3.92. The zero-order valence-corrected chi connectivity index (χ0v) is 10.0. The Bertz CT molecular complexity index is 390. The van der Waals surface area contributed by atoms with Crippen LogP contribution in [0.1, 0.15) is 25.5 Å². The SMILES string of the molecule is CCOC(=O)NC(N)=N[C@H](C)c1ccccc1. The Morgan fingerprint density at radius 3 is 2.71 bits per heavy atom. The van der Waals surface area contributed by atoms with Gasteiger partial charge in [0, 0.05) is 0 Å². The molecule has 1 atom stereocenters. The first-order valence-corrected chi connectivity index (χ1v) is 5.45. The molecule has 0 heterocycles. The van der Waals surface area contributed by atoms with Crippen molar-refractivity contribution in [3.63, 3.8) is 0 Å². The van der Waals surface area contributed by atoms with Crippen molar-refractivity contribution >= 4 is 12.1 Å². The first kappa shape index (κ1) is 13.0. The topological polar surface area (TPSA) is 76.7 Å². The van der Waals surface area contributed by atoms with Crippen molar-refractivity contribution in [1.29, 1.82) is 0 Å². The van der Waals surface area contributed by atoms with E-state index in [-0.39, 0.29) is 12.0 Å². The minimum absolute atomic E-state index is 0.0554. The average molecular weight is 235 g/mol. The smallest absolute Gasteiger partial charge is 0.413 e. The lowest BCUT2D eigenvalue weighted by Crippen LogP contribution is -2.37. The van der Waals surface area contributed by atoms with E-state index in [2.05, 4.69) is 15.0 Å². The summed E-state index contributed by atoms with van der Waals surface area (Å²) >= 11 is 0. The van der Waals surface area contributed by atoms with Crippen molar-refractivity contribution < 1.29 is 9.53 Å². The normalized spacial score (nSPS) is 12.9. The van der Waals surface area contributed by atoms with E-state index in [9.17, 15) is 4.79 Å². The second-order valence-corrected chi connectivity index (χ2v) is 3.45. The highest BCUT2D eigenvalue weighted by Gasteiger charge is 2.06. The zero-order chi connectivity index (χ0) is 12.7. The Hall–Kier alpha value is -2.04. The third-order valence-corrected chi connectivity index (χ3v) is 2.12. The Morgan fingerprint density at radius 2 is 2.12 bits per heavy atom. The number of guanidine groups is 1. The number of hydrogen-bond acceptors (Lipinski definition) is 3. The fraction of sp³-hybridized carbons (Fsp3) is 0.333. The summed E-state index contributed by atoms with van der Waals surface area (Å²) in [4.78, 5) is 15.2. The van der Waals surface area contributed by atoms with Crippen molar-refractivity contribution in [2.75, 3.05) is 6.61 Å². The molecule has 92 valence electrons. The summed E-state index contributed by atoms with van der Waals surface area (Å²) in [7, 11) is 0. The Balaban J connectivity index is 2.59. The minimum atomic E-state index is -0.589. The van der Waals surface area contributed by atoms with Gasteiger partial charge in [0.15, 0.2) is 5.96 Å². The Morgan fingerprint density at radius 1 is 1.47 bits per heavy atom. The van der Waals surface area contributed by atoms with Gasteiger partial charge in [0.1, 0.15) is 0 Å². The van der Waals surface area contributed by atoms with E-state index in [1.807, 2.05) is 37.3 Å². The lowest BCUT2D eigenvalue weighted by molar-refractivity contribution is 0.157. The third-order valence-electron chi connectivity index (χ3n) is 2.12. The number of rotatable bonds is 3. The van der Waals surface area contributed by atoms with Gasteiger partial charge >= 0.3 is 6.09 Å². The first-order chi connectivity index (χ1) is 8.13. The zero-order valence-electron chi connectivity index (χ0n) is 10.0. The minimum Gasteiger partial charge on any atom is -0.450 e. The van der Waals surface area contributed by atoms with Crippen molar-refractivity contribution in [2.45, 2.75) is 19.9 Å². The van der Waals surface area contributed by atoms with E-state index in [4.69, 9.17) is 5.73 Å². The second-order valence-electron chi connectivity index (χ2n) is 3.45. The van der Waals surface area contributed by atoms with Crippen LogP contribution < -0.4 is 11.1 Å². The van der Waals surface area contributed by atoms with Gasteiger partial charge in [-0.05, 0) is 19.4 Å². The van der Waals surface area contributed by atoms with Crippen LogP contribution in [0.2, 0.25) is 0 Å². The molecule has 0 aliphatic rings. The van der Waals surface area contributed by atoms with Crippen molar-refractivity contribution in [3.05, 3.63) is 35.9 Å². The number of ether oxygens (including phenoxy) is 1. The van der Waals surface area contributed by atoms with Crippen molar-refractivity contribution in [2.24, 2.45) is 10.7 Å². The standard InChI is InChI=1S/C12H17N3O2/c1-3-17-12(16)15-11(13)14-9(2)10-7-5-4-6-8-10/h4-9H,3H2,1-2H3,(H3,13,14,15,16)/t9-/m1/s1. The molecule has 0 aliphatic heterocycles. The summed E-state index contributed by atoms with van der Waals surface area (Å²) in [5.41, 5.74) is 6.61. The van der Waals surface area contributed by atoms with Gasteiger partial charge in [-0.3, -0.25) is 5.32 Å². The second kappa shape index (κ2) is 6.52. The maximum absolute atomic E-state index is 11.1. The quantitative estimate of drug-likeness (QED) is 0.619. The maximum atomic E-state index is 11.1. The molecule has 17 heavy (non-hydrogen) atoms. The van der Waals surface area contributed by atoms with Gasteiger partial charge in [-0.15, -0.1) is 0 Å². The molecule has 0 aromatic heterocycles. The molecule has 1 amide bonds. The van der Waals surface area contributed by atoms with Crippen LogP contribution in [0, 0.1) is 0 Å². The molecule has 0 saturated heterocycles. The molecule has 0 spiro atoms. The van der Waals surface area contributed by atoms with Gasteiger partial charge in [-0.2, -0.15) is 0 Å². The number of amides is 1. The highest BCUT2D eigenvalue weighted by molar-refractivity contribution is 5.92. The molecular formula is C12H17N3O2. The lowest BCUT2D eigenvalue weighted by atomic mass is 10.1. The van der Waals surface area contributed by atoms with Gasteiger partial charge in [0.05, 0.1) is 12.6 Å². The molecule has 0 radical (unpaired) electrons. The number of nitrogens with two attached hydrogens (primary N) is 1. The Kier molecular flexibility index (Phi) is 5.00. The molecule has 5 heteroatoms. The van der Waals surface area contributed by atoms with E-state index >= 15 is 0 Å². The highest BCUT2D eigenvalue weighted by Crippen LogP contribution is 2.15. The van der Waals surface area contributed by atoms with E-state index in [0.29, 0.717) is 6.61 Å². The number of benzene rings is 1. The molecule has 5 nitrogen and oxygen atoms in total. The molecular weight excluding hydrogens is 218 g/mol. The molecule has 0 bridgehead atoms. The van der Waals surface area contributed by atoms with Crippen LogP contribution in [0.3, 0.4) is 0 Å². The van der Waals surface area contributed by atoms with E-state index in [0.717, 1.165) is 5.56 Å². The molecule has 1 rings (SSSR count). The van der Waals surface area contributed by atoms with Crippen LogP contribution in [0.25, 0.3) is 0 Å². The van der Waals surface area contributed by atoms with Gasteiger partial charge in [0.25, 0.3) is 0 Å². The number of carbonyl (C=O) groups is 1. The average Bonchev–Trinajstić information content (AvgIpc) is 2.30. The molecule has 0 aliphatic carbocycles. The van der Waals surface area contributed by atoms with Crippen LogP contribution in [0.5, 0.6) is 0 Å². The van der Waals surface area contributed by atoms with E-state index in [1.165, 1.54) is 0 Å². The van der Waals surface area contributed by atoms with Gasteiger partial charge in [-0.25, -0.2) is 9.79 Å². The summed E-state index contributed by atoms with van der Waals surface area (Å²) in [6, 6.07) is 9.57. The van der Waals surface area contributed by atoms with Crippen LogP contribution in [0.4, 0.5) is 4.79 Å². The van der Waals surface area contributed by atoms with Gasteiger partial charge in [-0.1, -0.05) is 30.3 Å². The van der Waals surface area contributed by atoms with E-state index < -0.39 is 6.09 Å². The van der Waals surface area contributed by atoms with Gasteiger partial charge < -0.3 is 10.5 Å². The third kappa shape index (κ3) is 4.55. The first-order valence-electron chi connectivity index (χ1n) is 5.45. The van der Waals surface area contributed by atoms with Gasteiger partial charge in [0.2, 0.25) is 0 Å². The predicted molar refractivity (Wildman–Crippen MR) is 66.6 cm³/mol. The lowest BCUT2D eigenvalue weighted by Gasteiger charge is -2.09. The maximum Gasteiger partial charge on any atom is 0.413 e. The van der Waals surface area contributed by atoms with Crippen LogP contribution >= 0.6 is 0 Å². The van der Waals surface area contributed by atoms with Crippen LogP contribution in [-0.2, 0) is 4.74 Å².